The molecule has 0 saturated heterocycles. The zero-order valence-electron chi connectivity index (χ0n) is 15.2. The molecule has 144 valence electrons. The fourth-order valence-corrected chi connectivity index (χ4v) is 2.72. The Kier molecular flexibility index (Phi) is 6.06. The van der Waals surface area contributed by atoms with Crippen molar-refractivity contribution in [2.45, 2.75) is 19.8 Å². The molecule has 0 atom stereocenters. The van der Waals surface area contributed by atoms with Crippen LogP contribution in [-0.4, -0.2) is 35.0 Å². The van der Waals surface area contributed by atoms with Crippen LogP contribution >= 0.6 is 11.6 Å². The molecule has 0 spiro atoms. The van der Waals surface area contributed by atoms with Crippen molar-refractivity contribution in [3.63, 3.8) is 0 Å². The van der Waals surface area contributed by atoms with Gasteiger partial charge in [0, 0.05) is 29.2 Å². The van der Waals surface area contributed by atoms with Crippen LogP contribution < -0.4 is 10.6 Å². The fraction of sp³-hybridized carbons (Fsp3) is 0.200. The third-order valence-corrected chi connectivity index (χ3v) is 4.35. The SMILES string of the molecule is Cc1ccc(NC(=O)C2=NN(CC(=O)Nc3ccc(Cl)cc3)C(=O)CC2)cc1. The first kappa shape index (κ1) is 19.6. The summed E-state index contributed by atoms with van der Waals surface area (Å²) < 4.78 is 0. The molecule has 2 aromatic rings. The number of anilines is 2. The lowest BCUT2D eigenvalue weighted by molar-refractivity contribution is -0.135. The highest BCUT2D eigenvalue weighted by atomic mass is 35.5. The van der Waals surface area contributed by atoms with Crippen molar-refractivity contribution >= 4 is 46.4 Å². The zero-order chi connectivity index (χ0) is 20.1. The van der Waals surface area contributed by atoms with Crippen molar-refractivity contribution < 1.29 is 14.4 Å². The lowest BCUT2D eigenvalue weighted by Gasteiger charge is -2.22. The molecule has 0 fully saturated rings. The summed E-state index contributed by atoms with van der Waals surface area (Å²) in [5, 5.41) is 11.1. The van der Waals surface area contributed by atoms with Crippen LogP contribution in [0.2, 0.25) is 5.02 Å². The second-order valence-corrected chi connectivity index (χ2v) is 6.81. The Morgan fingerprint density at radius 3 is 2.29 bits per heavy atom. The Morgan fingerprint density at radius 1 is 1.00 bits per heavy atom. The van der Waals surface area contributed by atoms with E-state index in [-0.39, 0.29) is 36.9 Å². The van der Waals surface area contributed by atoms with Crippen molar-refractivity contribution in [1.82, 2.24) is 5.01 Å². The van der Waals surface area contributed by atoms with Crippen LogP contribution in [0.5, 0.6) is 0 Å². The number of amides is 3. The van der Waals surface area contributed by atoms with Crippen LogP contribution in [0.1, 0.15) is 18.4 Å². The molecule has 0 aromatic heterocycles. The summed E-state index contributed by atoms with van der Waals surface area (Å²) in [6, 6.07) is 14.0. The van der Waals surface area contributed by atoms with E-state index in [0.717, 1.165) is 10.6 Å². The third kappa shape index (κ3) is 5.17. The maximum absolute atomic E-state index is 12.4. The van der Waals surface area contributed by atoms with E-state index in [2.05, 4.69) is 15.7 Å². The van der Waals surface area contributed by atoms with Gasteiger partial charge < -0.3 is 10.6 Å². The molecule has 3 rings (SSSR count). The van der Waals surface area contributed by atoms with E-state index in [9.17, 15) is 14.4 Å². The Hall–Kier alpha value is -3.19. The average molecular weight is 399 g/mol. The number of hydrazone groups is 1. The van der Waals surface area contributed by atoms with Gasteiger partial charge in [-0.15, -0.1) is 0 Å². The molecule has 0 unspecified atom stereocenters. The fourth-order valence-electron chi connectivity index (χ4n) is 2.60. The van der Waals surface area contributed by atoms with Gasteiger partial charge in [-0.05, 0) is 43.3 Å². The highest BCUT2D eigenvalue weighted by Gasteiger charge is 2.26. The van der Waals surface area contributed by atoms with Crippen molar-refractivity contribution in [2.75, 3.05) is 17.2 Å². The third-order valence-electron chi connectivity index (χ3n) is 4.10. The summed E-state index contributed by atoms with van der Waals surface area (Å²) in [5.74, 6) is -1.11. The van der Waals surface area contributed by atoms with Crippen molar-refractivity contribution in [3.05, 3.63) is 59.1 Å². The van der Waals surface area contributed by atoms with Crippen molar-refractivity contribution in [1.29, 1.82) is 0 Å². The number of nitrogens with one attached hydrogen (secondary N) is 2. The maximum atomic E-state index is 12.4. The first-order valence-electron chi connectivity index (χ1n) is 8.72. The number of hydrogen-bond acceptors (Lipinski definition) is 4. The minimum Gasteiger partial charge on any atom is -0.324 e. The van der Waals surface area contributed by atoms with Crippen LogP contribution in [0.3, 0.4) is 0 Å². The molecule has 2 aromatic carbocycles. The van der Waals surface area contributed by atoms with Gasteiger partial charge in [0.25, 0.3) is 5.91 Å². The van der Waals surface area contributed by atoms with Gasteiger partial charge in [0.2, 0.25) is 11.8 Å². The van der Waals surface area contributed by atoms with Crippen LogP contribution in [0.25, 0.3) is 0 Å². The van der Waals surface area contributed by atoms with Gasteiger partial charge >= 0.3 is 0 Å². The molecule has 7 nitrogen and oxygen atoms in total. The molecule has 28 heavy (non-hydrogen) atoms. The van der Waals surface area contributed by atoms with Gasteiger partial charge in [-0.2, -0.15) is 5.10 Å². The van der Waals surface area contributed by atoms with Crippen molar-refractivity contribution in [3.8, 4) is 0 Å². The molecule has 0 aliphatic carbocycles. The number of aryl methyl sites for hydroxylation is 1. The monoisotopic (exact) mass is 398 g/mol. The summed E-state index contributed by atoms with van der Waals surface area (Å²) in [6.07, 6.45) is 0.347. The number of carbonyl (C=O) groups is 3. The molecule has 2 N–H and O–H groups in total. The summed E-state index contributed by atoms with van der Waals surface area (Å²) in [6.45, 7) is 1.68. The van der Waals surface area contributed by atoms with E-state index in [4.69, 9.17) is 11.6 Å². The predicted octanol–water partition coefficient (Wildman–Crippen LogP) is 3.20. The van der Waals surface area contributed by atoms with Gasteiger partial charge in [0.1, 0.15) is 12.3 Å². The summed E-state index contributed by atoms with van der Waals surface area (Å²) in [4.78, 5) is 36.7. The summed E-state index contributed by atoms with van der Waals surface area (Å²) in [5.41, 5.74) is 2.48. The molecule has 3 amide bonds. The van der Waals surface area contributed by atoms with Crippen LogP contribution in [-0.2, 0) is 14.4 Å². The van der Waals surface area contributed by atoms with E-state index in [1.807, 2.05) is 19.1 Å². The van der Waals surface area contributed by atoms with E-state index >= 15 is 0 Å². The Bertz CT molecular complexity index is 923. The van der Waals surface area contributed by atoms with E-state index < -0.39 is 5.91 Å². The molecule has 0 saturated carbocycles. The smallest absolute Gasteiger partial charge is 0.271 e. The van der Waals surface area contributed by atoms with Crippen LogP contribution in [0.4, 0.5) is 11.4 Å². The Balaban J connectivity index is 1.64. The summed E-state index contributed by atoms with van der Waals surface area (Å²) in [7, 11) is 0. The number of halogens is 1. The van der Waals surface area contributed by atoms with Gasteiger partial charge in [0.15, 0.2) is 0 Å². The largest absolute Gasteiger partial charge is 0.324 e. The Morgan fingerprint density at radius 2 is 1.61 bits per heavy atom. The average Bonchev–Trinajstić information content (AvgIpc) is 2.67. The maximum Gasteiger partial charge on any atom is 0.271 e. The van der Waals surface area contributed by atoms with Crippen molar-refractivity contribution in [2.24, 2.45) is 5.10 Å². The molecule has 1 aliphatic rings. The van der Waals surface area contributed by atoms with Gasteiger partial charge in [-0.3, -0.25) is 14.4 Å². The zero-order valence-corrected chi connectivity index (χ0v) is 16.0. The number of carbonyl (C=O) groups excluding carboxylic acids is 3. The number of hydrogen-bond donors (Lipinski definition) is 2. The minimum absolute atomic E-state index is 0.119. The highest BCUT2D eigenvalue weighted by molar-refractivity contribution is 6.43. The number of rotatable bonds is 5. The number of nitrogens with zero attached hydrogens (tertiary/aromatic N) is 2. The quantitative estimate of drug-likeness (QED) is 0.810. The van der Waals surface area contributed by atoms with Crippen LogP contribution in [0.15, 0.2) is 53.6 Å². The predicted molar refractivity (Wildman–Crippen MR) is 108 cm³/mol. The topological polar surface area (TPSA) is 90.9 Å². The molecule has 1 heterocycles. The first-order chi connectivity index (χ1) is 13.4. The normalized spacial score (nSPS) is 13.7. The minimum atomic E-state index is -0.417. The van der Waals surface area contributed by atoms with E-state index in [0.29, 0.717) is 16.4 Å². The first-order valence-corrected chi connectivity index (χ1v) is 9.10. The van der Waals surface area contributed by atoms with Gasteiger partial charge in [0.05, 0.1) is 0 Å². The molecule has 8 heteroatoms. The van der Waals surface area contributed by atoms with Gasteiger partial charge in [-0.1, -0.05) is 29.3 Å². The second kappa shape index (κ2) is 8.67. The molecular formula is C20H19ClN4O3. The van der Waals surface area contributed by atoms with E-state index in [1.165, 1.54) is 0 Å². The van der Waals surface area contributed by atoms with Crippen LogP contribution in [0, 0.1) is 6.92 Å². The lowest BCUT2D eigenvalue weighted by Crippen LogP contribution is -2.40. The Labute approximate surface area is 167 Å². The molecular weight excluding hydrogens is 380 g/mol. The molecule has 0 bridgehead atoms. The summed E-state index contributed by atoms with van der Waals surface area (Å²) >= 11 is 5.81. The molecule has 1 aliphatic heterocycles. The van der Waals surface area contributed by atoms with Gasteiger partial charge in [-0.25, -0.2) is 5.01 Å². The molecule has 0 radical (unpaired) electrons. The standard InChI is InChI=1S/C20H19ClN4O3/c1-13-2-6-16(7-3-13)23-20(28)17-10-11-19(27)25(24-17)12-18(26)22-15-8-4-14(21)5-9-15/h2-9H,10-12H2,1H3,(H,22,26)(H,23,28). The highest BCUT2D eigenvalue weighted by Crippen LogP contribution is 2.15. The lowest BCUT2D eigenvalue weighted by atomic mass is 10.1. The van der Waals surface area contributed by atoms with E-state index in [1.54, 1.807) is 36.4 Å². The second-order valence-electron chi connectivity index (χ2n) is 6.37. The number of benzene rings is 2.